The summed E-state index contributed by atoms with van der Waals surface area (Å²) in [5, 5.41) is 9.47. The first-order valence-corrected chi connectivity index (χ1v) is 8.07. The van der Waals surface area contributed by atoms with Gasteiger partial charge in [-0.2, -0.15) is 5.26 Å². The van der Waals surface area contributed by atoms with Crippen molar-refractivity contribution in [2.75, 3.05) is 23.7 Å². The van der Waals surface area contributed by atoms with Crippen LogP contribution in [-0.4, -0.2) is 18.8 Å². The van der Waals surface area contributed by atoms with Crippen LogP contribution in [0.15, 0.2) is 23.1 Å². The molecule has 0 fully saturated rings. The minimum Gasteiger partial charge on any atom is -0.370 e. The van der Waals surface area contributed by atoms with Crippen molar-refractivity contribution >= 4 is 17.4 Å². The molecule has 0 amide bonds. The summed E-state index contributed by atoms with van der Waals surface area (Å²) in [6, 6.07) is 8.58. The van der Waals surface area contributed by atoms with Gasteiger partial charge < -0.3 is 4.90 Å². The van der Waals surface area contributed by atoms with Gasteiger partial charge in [0.25, 0.3) is 0 Å². The van der Waals surface area contributed by atoms with Crippen molar-refractivity contribution in [1.29, 1.82) is 5.26 Å². The number of anilines is 1. The Morgan fingerprint density at radius 3 is 2.58 bits per heavy atom. The monoisotopic (exact) mass is 276 g/mol. The van der Waals surface area contributed by atoms with E-state index in [2.05, 4.69) is 50.8 Å². The average molecular weight is 276 g/mol. The summed E-state index contributed by atoms with van der Waals surface area (Å²) in [4.78, 5) is 3.43. The van der Waals surface area contributed by atoms with Crippen LogP contribution in [0.4, 0.5) is 5.69 Å². The molecule has 0 saturated carbocycles. The smallest absolute Gasteiger partial charge is 0.103 e. The Hall–Kier alpha value is -1.14. The van der Waals surface area contributed by atoms with E-state index in [0.717, 1.165) is 35.0 Å². The summed E-state index contributed by atoms with van der Waals surface area (Å²) in [5.74, 6) is 1.64. The lowest BCUT2D eigenvalue weighted by atomic mass is 10.1. The van der Waals surface area contributed by atoms with E-state index in [4.69, 9.17) is 0 Å². The molecular weight excluding hydrogens is 252 g/mol. The SMILES string of the molecule is CCSc1cccc(N(CC)CC(C)CC)c1C#N. The van der Waals surface area contributed by atoms with E-state index in [0.29, 0.717) is 5.92 Å². The van der Waals surface area contributed by atoms with E-state index in [1.807, 2.05) is 6.07 Å². The molecule has 1 rings (SSSR count). The highest BCUT2D eigenvalue weighted by atomic mass is 32.2. The average Bonchev–Trinajstić information content (AvgIpc) is 2.44. The molecule has 0 aliphatic heterocycles. The van der Waals surface area contributed by atoms with E-state index in [1.54, 1.807) is 11.8 Å². The van der Waals surface area contributed by atoms with Gasteiger partial charge in [-0.3, -0.25) is 0 Å². The van der Waals surface area contributed by atoms with E-state index in [9.17, 15) is 5.26 Å². The molecule has 3 heteroatoms. The molecule has 0 radical (unpaired) electrons. The molecule has 0 heterocycles. The third kappa shape index (κ3) is 4.18. The Morgan fingerprint density at radius 1 is 1.32 bits per heavy atom. The lowest BCUT2D eigenvalue weighted by Gasteiger charge is -2.27. The fourth-order valence-corrected chi connectivity index (χ4v) is 2.85. The zero-order valence-corrected chi connectivity index (χ0v) is 13.3. The zero-order valence-electron chi connectivity index (χ0n) is 12.4. The Balaban J connectivity index is 3.09. The molecule has 0 aliphatic carbocycles. The van der Waals surface area contributed by atoms with Crippen LogP contribution in [0.2, 0.25) is 0 Å². The third-order valence-corrected chi connectivity index (χ3v) is 4.31. The molecule has 0 N–H and O–H groups in total. The van der Waals surface area contributed by atoms with Crippen LogP contribution < -0.4 is 4.90 Å². The lowest BCUT2D eigenvalue weighted by molar-refractivity contribution is 0.547. The van der Waals surface area contributed by atoms with E-state index in [1.165, 1.54) is 6.42 Å². The summed E-state index contributed by atoms with van der Waals surface area (Å²) in [7, 11) is 0. The van der Waals surface area contributed by atoms with Crippen LogP contribution in [0.1, 0.15) is 39.7 Å². The van der Waals surface area contributed by atoms with Gasteiger partial charge in [-0.15, -0.1) is 11.8 Å². The number of nitrogens with zero attached hydrogens (tertiary/aromatic N) is 2. The van der Waals surface area contributed by atoms with Crippen molar-refractivity contribution in [1.82, 2.24) is 0 Å². The van der Waals surface area contributed by atoms with Crippen molar-refractivity contribution in [3.8, 4) is 6.07 Å². The Labute approximate surface area is 121 Å². The molecule has 2 nitrogen and oxygen atoms in total. The largest absolute Gasteiger partial charge is 0.370 e. The number of hydrogen-bond acceptors (Lipinski definition) is 3. The molecule has 0 spiro atoms. The minimum atomic E-state index is 0.647. The van der Waals surface area contributed by atoms with Crippen molar-refractivity contribution in [3.63, 3.8) is 0 Å². The van der Waals surface area contributed by atoms with Gasteiger partial charge in [-0.1, -0.05) is 33.3 Å². The van der Waals surface area contributed by atoms with Crippen molar-refractivity contribution in [3.05, 3.63) is 23.8 Å². The van der Waals surface area contributed by atoms with Crippen LogP contribution in [0, 0.1) is 17.2 Å². The highest BCUT2D eigenvalue weighted by Gasteiger charge is 2.15. The fraction of sp³-hybridized carbons (Fsp3) is 0.562. The van der Waals surface area contributed by atoms with E-state index in [-0.39, 0.29) is 0 Å². The van der Waals surface area contributed by atoms with E-state index < -0.39 is 0 Å². The number of benzene rings is 1. The van der Waals surface area contributed by atoms with Gasteiger partial charge in [0, 0.05) is 18.0 Å². The lowest BCUT2D eigenvalue weighted by Crippen LogP contribution is -2.28. The Kier molecular flexibility index (Phi) is 6.80. The van der Waals surface area contributed by atoms with Crippen LogP contribution in [-0.2, 0) is 0 Å². The number of hydrogen-bond donors (Lipinski definition) is 0. The van der Waals surface area contributed by atoms with Gasteiger partial charge in [0.1, 0.15) is 6.07 Å². The number of nitriles is 1. The topological polar surface area (TPSA) is 27.0 Å². The summed E-state index contributed by atoms with van der Waals surface area (Å²) in [5.41, 5.74) is 1.92. The van der Waals surface area contributed by atoms with Crippen molar-refractivity contribution < 1.29 is 0 Å². The van der Waals surface area contributed by atoms with Gasteiger partial charge in [-0.25, -0.2) is 0 Å². The normalized spacial score (nSPS) is 11.9. The molecule has 1 aromatic carbocycles. The molecule has 19 heavy (non-hydrogen) atoms. The summed E-state index contributed by atoms with van der Waals surface area (Å²) in [6.07, 6.45) is 1.17. The maximum Gasteiger partial charge on any atom is 0.103 e. The van der Waals surface area contributed by atoms with Crippen molar-refractivity contribution in [2.24, 2.45) is 5.92 Å². The summed E-state index contributed by atoms with van der Waals surface area (Å²) < 4.78 is 0. The maximum absolute atomic E-state index is 9.47. The standard InChI is InChI=1S/C16H24N2S/c1-5-13(4)12-18(6-2)15-9-8-10-16(19-7-3)14(15)11-17/h8-10,13H,5-7,12H2,1-4H3. The summed E-state index contributed by atoms with van der Waals surface area (Å²) in [6.45, 7) is 10.7. The van der Waals surface area contributed by atoms with Crippen LogP contribution in [0.5, 0.6) is 0 Å². The molecule has 1 unspecified atom stereocenters. The Bertz CT molecular complexity index is 437. The minimum absolute atomic E-state index is 0.647. The molecule has 0 saturated heterocycles. The summed E-state index contributed by atoms with van der Waals surface area (Å²) >= 11 is 1.74. The molecule has 0 bridgehead atoms. The zero-order chi connectivity index (χ0) is 14.3. The second-order valence-corrected chi connectivity index (χ2v) is 6.05. The van der Waals surface area contributed by atoms with Crippen LogP contribution in [0.3, 0.4) is 0 Å². The molecular formula is C16H24N2S. The molecule has 1 atom stereocenters. The second kappa shape index (κ2) is 8.12. The quantitative estimate of drug-likeness (QED) is 0.684. The molecule has 1 aromatic rings. The third-order valence-electron chi connectivity index (χ3n) is 3.37. The fourth-order valence-electron chi connectivity index (χ4n) is 2.07. The van der Waals surface area contributed by atoms with E-state index >= 15 is 0 Å². The van der Waals surface area contributed by atoms with Gasteiger partial charge in [0.15, 0.2) is 0 Å². The Morgan fingerprint density at radius 2 is 2.05 bits per heavy atom. The van der Waals surface area contributed by atoms with Gasteiger partial charge >= 0.3 is 0 Å². The predicted molar refractivity (Wildman–Crippen MR) is 84.9 cm³/mol. The molecule has 0 aromatic heterocycles. The van der Waals surface area contributed by atoms with Crippen LogP contribution in [0.25, 0.3) is 0 Å². The predicted octanol–water partition coefficient (Wildman–Crippen LogP) is 4.54. The van der Waals surface area contributed by atoms with Crippen LogP contribution >= 0.6 is 11.8 Å². The first kappa shape index (κ1) is 15.9. The van der Waals surface area contributed by atoms with Gasteiger partial charge in [-0.05, 0) is 30.7 Å². The molecule has 104 valence electrons. The highest BCUT2D eigenvalue weighted by Crippen LogP contribution is 2.30. The maximum atomic E-state index is 9.47. The van der Waals surface area contributed by atoms with Crippen molar-refractivity contribution in [2.45, 2.75) is 39.0 Å². The first-order chi connectivity index (χ1) is 9.17. The number of thioether (sulfide) groups is 1. The number of rotatable bonds is 7. The first-order valence-electron chi connectivity index (χ1n) is 7.08. The molecule has 0 aliphatic rings. The second-order valence-electron chi connectivity index (χ2n) is 4.75. The van der Waals surface area contributed by atoms with Gasteiger partial charge in [0.05, 0.1) is 11.3 Å². The highest BCUT2D eigenvalue weighted by molar-refractivity contribution is 7.99. The van der Waals surface area contributed by atoms with Gasteiger partial charge in [0.2, 0.25) is 0 Å².